The van der Waals surface area contributed by atoms with Gasteiger partial charge in [-0.05, 0) is 22.0 Å². The first-order valence-electron chi connectivity index (χ1n) is 7.56. The fourth-order valence-electron chi connectivity index (χ4n) is 2.59. The van der Waals surface area contributed by atoms with Gasteiger partial charge in [0.2, 0.25) is 6.41 Å². The van der Waals surface area contributed by atoms with Crippen LogP contribution in [-0.2, 0) is 24.0 Å². The van der Waals surface area contributed by atoms with Gasteiger partial charge in [-0.15, -0.1) is 11.8 Å². The highest BCUT2D eigenvalue weighted by Gasteiger charge is 2.53. The third-order valence-electron chi connectivity index (χ3n) is 3.74. The van der Waals surface area contributed by atoms with E-state index in [1.54, 1.807) is 0 Å². The Morgan fingerprint density at radius 3 is 2.93 bits per heavy atom. The van der Waals surface area contributed by atoms with Crippen LogP contribution in [0, 0.1) is 0 Å². The lowest BCUT2D eigenvalue weighted by Gasteiger charge is -2.48. The summed E-state index contributed by atoms with van der Waals surface area (Å²) in [6.07, 6.45) is 1.89. The number of carboxylic acids is 1. The largest absolute Gasteiger partial charge is 0.477 e. The van der Waals surface area contributed by atoms with Crippen molar-refractivity contribution in [1.29, 1.82) is 0 Å². The van der Waals surface area contributed by atoms with Crippen molar-refractivity contribution in [3.05, 3.63) is 21.3 Å². The molecule has 0 aromatic carbocycles. The number of fused-ring (bicyclic) bond motifs is 1. The molecule has 148 valence electrons. The number of hydrogen-bond donors (Lipinski definition) is 3. The second-order valence-electron chi connectivity index (χ2n) is 5.30. The van der Waals surface area contributed by atoms with Gasteiger partial charge in [-0.3, -0.25) is 19.3 Å². The lowest BCUT2D eigenvalue weighted by molar-refractivity contribution is -0.150. The summed E-state index contributed by atoms with van der Waals surface area (Å²) >= 11 is 5.64. The van der Waals surface area contributed by atoms with Crippen molar-refractivity contribution in [2.45, 2.75) is 11.4 Å². The number of carbonyl (C=O) groups is 4. The van der Waals surface area contributed by atoms with Crippen LogP contribution in [-0.4, -0.2) is 69.2 Å². The molecule has 3 N–H and O–H groups in total. The Hall–Kier alpha value is -2.45. The van der Waals surface area contributed by atoms with Gasteiger partial charge in [0.05, 0.1) is 0 Å². The minimum Gasteiger partial charge on any atom is -0.477 e. The molecule has 0 bridgehead atoms. The summed E-state index contributed by atoms with van der Waals surface area (Å²) in [5.41, 5.74) is -0.178. The number of nitrogens with one attached hydrogen (secondary N) is 2. The van der Waals surface area contributed by atoms with Crippen LogP contribution in [0.5, 0.6) is 0 Å². The fourth-order valence-corrected chi connectivity index (χ4v) is 5.17. The average molecular weight is 490 g/mol. The van der Waals surface area contributed by atoms with E-state index in [9.17, 15) is 24.3 Å². The molecule has 28 heavy (non-hydrogen) atoms. The molecule has 1 fully saturated rings. The Bertz CT molecular complexity index is 916. The Labute approximate surface area is 174 Å². The topological polar surface area (TPSA) is 150 Å². The molecule has 14 heteroatoms. The van der Waals surface area contributed by atoms with Crippen molar-refractivity contribution in [2.75, 3.05) is 18.2 Å². The van der Waals surface area contributed by atoms with Crippen molar-refractivity contribution >= 4 is 74.1 Å². The third kappa shape index (κ3) is 3.62. The van der Waals surface area contributed by atoms with E-state index < -0.39 is 29.2 Å². The van der Waals surface area contributed by atoms with Crippen LogP contribution >= 0.6 is 39.0 Å². The van der Waals surface area contributed by atoms with Gasteiger partial charge in [-0.25, -0.2) is 9.78 Å². The Balaban J connectivity index is 1.79. The standard InChI is InChI=1S/C14H12BrN5O6S2/c1-26-19-7(6-9(15)28-14(18-6)16-4-21)10(22)17-8-11(23)20-5(13(24)25)2-3-27-12(8)20/h2,4,8,12H,3H2,1H3,(H,17,22)(H,24,25)(H,16,18,21)/t8?,12-/m1/s1. The van der Waals surface area contributed by atoms with Gasteiger partial charge in [-0.1, -0.05) is 16.5 Å². The number of carboxylic acid groups (broad SMARTS) is 1. The number of thioether (sulfide) groups is 1. The summed E-state index contributed by atoms with van der Waals surface area (Å²) in [6, 6.07) is -0.910. The van der Waals surface area contributed by atoms with Gasteiger partial charge in [-0.2, -0.15) is 0 Å². The molecule has 3 rings (SSSR count). The van der Waals surface area contributed by atoms with Crippen molar-refractivity contribution in [2.24, 2.45) is 5.16 Å². The van der Waals surface area contributed by atoms with Gasteiger partial charge in [0, 0.05) is 5.75 Å². The van der Waals surface area contributed by atoms with E-state index in [4.69, 9.17) is 4.84 Å². The minimum absolute atomic E-state index is 0.100. The smallest absolute Gasteiger partial charge is 0.352 e. The lowest BCUT2D eigenvalue weighted by atomic mass is 10.0. The first-order valence-corrected chi connectivity index (χ1v) is 10.2. The monoisotopic (exact) mass is 489 g/mol. The second kappa shape index (κ2) is 8.28. The van der Waals surface area contributed by atoms with E-state index in [2.05, 4.69) is 36.7 Å². The van der Waals surface area contributed by atoms with E-state index in [0.717, 1.165) is 16.2 Å². The highest BCUT2D eigenvalue weighted by molar-refractivity contribution is 9.11. The van der Waals surface area contributed by atoms with E-state index >= 15 is 0 Å². The molecule has 11 nitrogen and oxygen atoms in total. The van der Waals surface area contributed by atoms with E-state index in [1.165, 1.54) is 24.9 Å². The molecular formula is C14H12BrN5O6S2. The van der Waals surface area contributed by atoms with Crippen molar-refractivity contribution in [3.63, 3.8) is 0 Å². The summed E-state index contributed by atoms with van der Waals surface area (Å²) in [5, 5.41) is 17.5. The summed E-state index contributed by atoms with van der Waals surface area (Å²) in [6.45, 7) is 0. The van der Waals surface area contributed by atoms with Gasteiger partial charge in [0.25, 0.3) is 11.8 Å². The predicted molar refractivity (Wildman–Crippen MR) is 104 cm³/mol. The molecule has 0 spiro atoms. The summed E-state index contributed by atoms with van der Waals surface area (Å²) in [4.78, 5) is 56.9. The van der Waals surface area contributed by atoms with Gasteiger partial charge in [0.1, 0.15) is 33.7 Å². The number of halogens is 1. The van der Waals surface area contributed by atoms with Crippen LogP contribution in [0.2, 0.25) is 0 Å². The molecule has 1 aromatic heterocycles. The molecular weight excluding hydrogens is 478 g/mol. The fraction of sp³-hybridized carbons (Fsp3) is 0.286. The second-order valence-corrected chi connectivity index (χ2v) is 8.77. The SMILES string of the molecule is CON=C(C(=O)NC1C(=O)N2C(C(=O)O)=CCS[C@H]12)c1nc(NC=O)sc1Br. The first kappa shape index (κ1) is 20.3. The number of aliphatic carboxylic acids is 1. The molecule has 1 saturated heterocycles. The maximum atomic E-state index is 12.7. The number of rotatable bonds is 7. The van der Waals surface area contributed by atoms with Crippen LogP contribution < -0.4 is 10.6 Å². The van der Waals surface area contributed by atoms with Crippen molar-refractivity contribution < 1.29 is 29.1 Å². The summed E-state index contributed by atoms with van der Waals surface area (Å²) < 4.78 is 0.424. The molecule has 3 amide bonds. The number of amides is 3. The van der Waals surface area contributed by atoms with Crippen molar-refractivity contribution in [1.82, 2.24) is 15.2 Å². The molecule has 1 unspecified atom stereocenters. The quantitative estimate of drug-likeness (QED) is 0.212. The molecule has 2 aliphatic heterocycles. The number of aromatic nitrogens is 1. The number of β-lactam (4-membered cyclic amide) rings is 1. The summed E-state index contributed by atoms with van der Waals surface area (Å²) in [7, 11) is 1.25. The van der Waals surface area contributed by atoms with Crippen LogP contribution in [0.25, 0.3) is 0 Å². The normalized spacial score (nSPS) is 21.2. The first-order chi connectivity index (χ1) is 13.4. The van der Waals surface area contributed by atoms with Gasteiger partial charge < -0.3 is 20.6 Å². The Kier molecular flexibility index (Phi) is 6.00. The minimum atomic E-state index is -1.20. The van der Waals surface area contributed by atoms with Gasteiger partial charge in [0.15, 0.2) is 10.8 Å². The maximum absolute atomic E-state index is 12.7. The average Bonchev–Trinajstić information content (AvgIpc) is 3.03. The lowest BCUT2D eigenvalue weighted by Crippen LogP contribution is -2.70. The number of nitrogens with zero attached hydrogens (tertiary/aromatic N) is 3. The Morgan fingerprint density at radius 1 is 1.54 bits per heavy atom. The van der Waals surface area contributed by atoms with Crippen LogP contribution in [0.1, 0.15) is 5.69 Å². The summed E-state index contributed by atoms with van der Waals surface area (Å²) in [5.74, 6) is -2.06. The molecule has 0 saturated carbocycles. The number of carbonyl (C=O) groups excluding carboxylic acids is 3. The third-order valence-corrected chi connectivity index (χ3v) is 6.56. The molecule has 3 heterocycles. The van der Waals surface area contributed by atoms with E-state index in [1.807, 2.05) is 0 Å². The molecule has 2 aliphatic rings. The van der Waals surface area contributed by atoms with E-state index in [0.29, 0.717) is 15.9 Å². The highest BCUT2D eigenvalue weighted by Crippen LogP contribution is 2.37. The predicted octanol–water partition coefficient (Wildman–Crippen LogP) is 0.193. The number of hydrogen-bond acceptors (Lipinski definition) is 9. The molecule has 1 aromatic rings. The maximum Gasteiger partial charge on any atom is 0.352 e. The van der Waals surface area contributed by atoms with Gasteiger partial charge >= 0.3 is 5.97 Å². The molecule has 2 atom stereocenters. The van der Waals surface area contributed by atoms with Crippen LogP contribution in [0.15, 0.2) is 20.7 Å². The van der Waals surface area contributed by atoms with Crippen molar-refractivity contribution in [3.8, 4) is 0 Å². The molecule has 0 aliphatic carbocycles. The van der Waals surface area contributed by atoms with Crippen LogP contribution in [0.3, 0.4) is 0 Å². The number of thiazole rings is 1. The Morgan fingerprint density at radius 2 is 2.29 bits per heavy atom. The number of oxime groups is 1. The zero-order valence-electron chi connectivity index (χ0n) is 14.0. The van der Waals surface area contributed by atoms with Crippen LogP contribution in [0.4, 0.5) is 5.13 Å². The molecule has 0 radical (unpaired) electrons. The zero-order chi connectivity index (χ0) is 20.4. The van der Waals surface area contributed by atoms with E-state index in [-0.39, 0.29) is 22.2 Å². The number of anilines is 1. The highest BCUT2D eigenvalue weighted by atomic mass is 79.9. The zero-order valence-corrected chi connectivity index (χ0v) is 17.3.